The second-order valence-electron chi connectivity index (χ2n) is 6.93. The first-order valence-electron chi connectivity index (χ1n) is 9.53. The van der Waals surface area contributed by atoms with Gasteiger partial charge in [0.05, 0.1) is 6.61 Å². The monoisotopic (exact) mass is 355 g/mol. The summed E-state index contributed by atoms with van der Waals surface area (Å²) in [5.41, 5.74) is 0. The summed E-state index contributed by atoms with van der Waals surface area (Å²) < 4.78 is 5.06. The van der Waals surface area contributed by atoms with Crippen LogP contribution in [0.2, 0.25) is 0 Å². The highest BCUT2D eigenvalue weighted by atomic mass is 16.6. The molecule has 1 amide bonds. The summed E-state index contributed by atoms with van der Waals surface area (Å²) in [6, 6.07) is 1.13. The average molecular weight is 356 g/mol. The number of carbonyl (C=O) groups excluding carboxylic acids is 1. The predicted octanol–water partition coefficient (Wildman–Crippen LogP) is 1.84. The molecule has 0 radical (unpaired) electrons. The summed E-state index contributed by atoms with van der Waals surface area (Å²) in [5.74, 6) is 0.921. The fourth-order valence-corrected chi connectivity index (χ4v) is 3.22. The molecule has 1 fully saturated rings. The van der Waals surface area contributed by atoms with Crippen molar-refractivity contribution >= 4 is 12.1 Å². The Labute approximate surface area is 153 Å². The number of hydrogen-bond acceptors (Lipinski definition) is 4. The molecule has 0 aliphatic carbocycles. The Morgan fingerprint density at radius 2 is 1.68 bits per heavy atom. The summed E-state index contributed by atoms with van der Waals surface area (Å²) in [7, 11) is 1.81. The lowest BCUT2D eigenvalue weighted by atomic mass is 10.2. The van der Waals surface area contributed by atoms with Crippen molar-refractivity contribution in [2.24, 2.45) is 4.99 Å². The first kappa shape index (κ1) is 21.5. The van der Waals surface area contributed by atoms with Gasteiger partial charge in [-0.25, -0.2) is 4.79 Å². The Balaban J connectivity index is 2.35. The number of piperazine rings is 1. The quantitative estimate of drug-likeness (QED) is 0.429. The molecule has 0 saturated carbocycles. The van der Waals surface area contributed by atoms with Crippen LogP contribution >= 0.6 is 0 Å². The number of aliphatic imine (C=N–C) groups is 1. The van der Waals surface area contributed by atoms with Crippen LogP contribution in [0, 0.1) is 0 Å². The van der Waals surface area contributed by atoms with Crippen LogP contribution in [0.4, 0.5) is 4.79 Å². The molecule has 0 unspecified atom stereocenters. The molecule has 7 heteroatoms. The first-order valence-corrected chi connectivity index (χ1v) is 9.53. The van der Waals surface area contributed by atoms with Crippen molar-refractivity contribution in [1.82, 2.24) is 20.0 Å². The number of ether oxygens (including phenoxy) is 1. The van der Waals surface area contributed by atoms with Crippen molar-refractivity contribution in [3.63, 3.8) is 0 Å². The van der Waals surface area contributed by atoms with Gasteiger partial charge in [-0.2, -0.15) is 0 Å². The molecule has 0 aromatic rings. The van der Waals surface area contributed by atoms with Gasteiger partial charge in [0.25, 0.3) is 0 Å². The lowest BCUT2D eigenvalue weighted by Gasteiger charge is -2.36. The number of rotatable bonds is 7. The van der Waals surface area contributed by atoms with Crippen LogP contribution in [-0.4, -0.2) is 91.8 Å². The van der Waals surface area contributed by atoms with Crippen LogP contribution in [0.25, 0.3) is 0 Å². The van der Waals surface area contributed by atoms with Crippen LogP contribution in [0.3, 0.4) is 0 Å². The SMILES string of the molecule is CCOC(=O)N1CCN(C(=NC)NCCCN(C(C)C)C(C)C)CC1. The van der Waals surface area contributed by atoms with Crippen LogP contribution in [0.1, 0.15) is 41.0 Å². The fourth-order valence-electron chi connectivity index (χ4n) is 3.22. The van der Waals surface area contributed by atoms with Crippen molar-refractivity contribution in [2.75, 3.05) is 52.9 Å². The Bertz CT molecular complexity index is 410. The first-order chi connectivity index (χ1) is 11.9. The van der Waals surface area contributed by atoms with E-state index in [0.717, 1.165) is 38.6 Å². The molecular formula is C18H37N5O2. The standard InChI is InChI=1S/C18H37N5O2/c1-7-25-18(24)22-13-11-21(12-14-22)17(19-6)20-9-8-10-23(15(2)3)16(4)5/h15-16H,7-14H2,1-6H3,(H,19,20). The Hall–Kier alpha value is -1.50. The smallest absolute Gasteiger partial charge is 0.409 e. The van der Waals surface area contributed by atoms with Crippen molar-refractivity contribution in [1.29, 1.82) is 0 Å². The van der Waals surface area contributed by atoms with Crippen molar-refractivity contribution < 1.29 is 9.53 Å². The molecule has 0 spiro atoms. The van der Waals surface area contributed by atoms with Crippen LogP contribution < -0.4 is 5.32 Å². The topological polar surface area (TPSA) is 60.4 Å². The molecular weight excluding hydrogens is 318 g/mol. The van der Waals surface area contributed by atoms with Gasteiger partial charge >= 0.3 is 6.09 Å². The average Bonchev–Trinajstić information content (AvgIpc) is 2.58. The predicted molar refractivity (Wildman–Crippen MR) is 103 cm³/mol. The maximum atomic E-state index is 11.8. The van der Waals surface area contributed by atoms with E-state index in [1.807, 2.05) is 14.0 Å². The molecule has 1 saturated heterocycles. The second kappa shape index (κ2) is 11.2. The summed E-state index contributed by atoms with van der Waals surface area (Å²) in [6.07, 6.45) is 0.866. The number of carbonyl (C=O) groups is 1. The zero-order valence-electron chi connectivity index (χ0n) is 16.9. The van der Waals surface area contributed by atoms with Crippen LogP contribution in [0.5, 0.6) is 0 Å². The second-order valence-corrected chi connectivity index (χ2v) is 6.93. The van der Waals surface area contributed by atoms with Gasteiger partial charge in [-0.3, -0.25) is 9.89 Å². The van der Waals surface area contributed by atoms with E-state index in [1.165, 1.54) is 0 Å². The lowest BCUT2D eigenvalue weighted by molar-refractivity contribution is 0.0914. The fraction of sp³-hybridized carbons (Fsp3) is 0.889. The molecule has 0 aromatic heterocycles. The zero-order valence-corrected chi connectivity index (χ0v) is 16.9. The van der Waals surface area contributed by atoms with Crippen LogP contribution in [-0.2, 0) is 4.74 Å². The van der Waals surface area contributed by atoms with Gasteiger partial charge in [-0.1, -0.05) is 0 Å². The summed E-state index contributed by atoms with van der Waals surface area (Å²) in [5, 5.41) is 3.46. The van der Waals surface area contributed by atoms with E-state index in [2.05, 4.69) is 47.8 Å². The lowest BCUT2D eigenvalue weighted by Crippen LogP contribution is -2.54. The molecule has 0 aromatic carbocycles. The van der Waals surface area contributed by atoms with E-state index < -0.39 is 0 Å². The summed E-state index contributed by atoms with van der Waals surface area (Å²) in [6.45, 7) is 16.1. The highest BCUT2D eigenvalue weighted by molar-refractivity contribution is 5.80. The minimum absolute atomic E-state index is 0.215. The maximum Gasteiger partial charge on any atom is 0.409 e. The molecule has 25 heavy (non-hydrogen) atoms. The van der Waals surface area contributed by atoms with Crippen molar-refractivity contribution in [3.8, 4) is 0 Å². The largest absolute Gasteiger partial charge is 0.450 e. The minimum Gasteiger partial charge on any atom is -0.450 e. The van der Waals surface area contributed by atoms with Gasteiger partial charge in [-0.15, -0.1) is 0 Å². The molecule has 146 valence electrons. The molecule has 1 aliphatic heterocycles. The number of nitrogens with one attached hydrogen (secondary N) is 1. The number of amides is 1. The molecule has 1 N–H and O–H groups in total. The zero-order chi connectivity index (χ0) is 18.8. The Kier molecular flexibility index (Phi) is 9.63. The third kappa shape index (κ3) is 7.10. The van der Waals surface area contributed by atoms with E-state index >= 15 is 0 Å². The summed E-state index contributed by atoms with van der Waals surface area (Å²) >= 11 is 0. The van der Waals surface area contributed by atoms with Crippen molar-refractivity contribution in [2.45, 2.75) is 53.1 Å². The highest BCUT2D eigenvalue weighted by Crippen LogP contribution is 2.06. The third-order valence-electron chi connectivity index (χ3n) is 4.52. The van der Waals surface area contributed by atoms with E-state index in [4.69, 9.17) is 4.74 Å². The molecule has 1 heterocycles. The molecule has 0 atom stereocenters. The van der Waals surface area contributed by atoms with Crippen LogP contribution in [0.15, 0.2) is 4.99 Å². The third-order valence-corrected chi connectivity index (χ3v) is 4.52. The van der Waals surface area contributed by atoms with E-state index in [-0.39, 0.29) is 6.09 Å². The number of guanidine groups is 1. The normalized spacial score (nSPS) is 16.1. The Morgan fingerprint density at radius 3 is 2.16 bits per heavy atom. The van der Waals surface area contributed by atoms with Crippen molar-refractivity contribution in [3.05, 3.63) is 0 Å². The van der Waals surface area contributed by atoms with Gasteiger partial charge in [0.15, 0.2) is 5.96 Å². The van der Waals surface area contributed by atoms with Gasteiger partial charge < -0.3 is 19.9 Å². The van der Waals surface area contributed by atoms with E-state index in [0.29, 0.717) is 31.8 Å². The molecule has 1 rings (SSSR count). The maximum absolute atomic E-state index is 11.8. The number of nitrogens with zero attached hydrogens (tertiary/aromatic N) is 4. The molecule has 7 nitrogen and oxygen atoms in total. The minimum atomic E-state index is -0.215. The van der Waals surface area contributed by atoms with Gasteiger partial charge in [0, 0.05) is 58.4 Å². The number of hydrogen-bond donors (Lipinski definition) is 1. The van der Waals surface area contributed by atoms with Gasteiger partial charge in [0.1, 0.15) is 0 Å². The van der Waals surface area contributed by atoms with Gasteiger partial charge in [-0.05, 0) is 41.0 Å². The van der Waals surface area contributed by atoms with E-state index in [9.17, 15) is 4.79 Å². The molecule has 1 aliphatic rings. The summed E-state index contributed by atoms with van der Waals surface area (Å²) in [4.78, 5) is 22.6. The molecule has 0 bridgehead atoms. The Morgan fingerprint density at radius 1 is 1.12 bits per heavy atom. The highest BCUT2D eigenvalue weighted by Gasteiger charge is 2.23. The van der Waals surface area contributed by atoms with Gasteiger partial charge in [0.2, 0.25) is 0 Å². The van der Waals surface area contributed by atoms with E-state index in [1.54, 1.807) is 4.90 Å².